The summed E-state index contributed by atoms with van der Waals surface area (Å²) in [6, 6.07) is 2.76. The van der Waals surface area contributed by atoms with Gasteiger partial charge in [0.25, 0.3) is 15.9 Å². The van der Waals surface area contributed by atoms with Crippen LogP contribution in [0.15, 0.2) is 32.1 Å². The van der Waals surface area contributed by atoms with Crippen molar-refractivity contribution in [2.45, 2.75) is 11.8 Å². The van der Waals surface area contributed by atoms with Crippen molar-refractivity contribution in [2.75, 3.05) is 4.72 Å². The molecule has 1 N–H and O–H groups in total. The molecular formula is C10H7BrF2N2O3S. The fraction of sp³-hybridized carbons (Fsp3) is 0.100. The Hall–Kier alpha value is -1.48. The number of nitrogens with one attached hydrogen (secondary N) is 1. The summed E-state index contributed by atoms with van der Waals surface area (Å²) in [6.07, 6.45) is 0. The van der Waals surface area contributed by atoms with Crippen molar-refractivity contribution >= 4 is 31.8 Å². The average molecular weight is 353 g/mol. The quantitative estimate of drug-likeness (QED) is 0.921. The predicted octanol–water partition coefficient (Wildman–Crippen LogP) is 2.82. The van der Waals surface area contributed by atoms with Crippen LogP contribution >= 0.6 is 15.9 Å². The molecule has 0 aliphatic carbocycles. The molecule has 0 saturated carbocycles. The van der Waals surface area contributed by atoms with E-state index < -0.39 is 26.6 Å². The molecule has 0 unspecified atom stereocenters. The summed E-state index contributed by atoms with van der Waals surface area (Å²) in [5, 5.41) is 3.50. The fourth-order valence-electron chi connectivity index (χ4n) is 1.33. The monoisotopic (exact) mass is 352 g/mol. The van der Waals surface area contributed by atoms with E-state index in [9.17, 15) is 17.2 Å². The highest BCUT2D eigenvalue weighted by molar-refractivity contribution is 9.10. The molecule has 5 nitrogen and oxygen atoms in total. The number of sulfonamides is 1. The molecule has 2 aromatic rings. The molecule has 0 atom stereocenters. The minimum absolute atomic E-state index is 0.250. The van der Waals surface area contributed by atoms with Crippen LogP contribution in [0, 0.1) is 18.6 Å². The van der Waals surface area contributed by atoms with Crippen LogP contribution in [0.3, 0.4) is 0 Å². The lowest BCUT2D eigenvalue weighted by Gasteiger charge is -2.07. The fourth-order valence-corrected chi connectivity index (χ4v) is 2.84. The Bertz CT molecular complexity index is 710. The number of rotatable bonds is 3. The van der Waals surface area contributed by atoms with Gasteiger partial charge in [0.05, 0.1) is 5.69 Å². The highest BCUT2D eigenvalue weighted by Gasteiger charge is 2.26. The molecule has 0 spiro atoms. The standard InChI is InChI=1S/C10H7BrF2N2O3S/c1-5-8(11)10(18-14-5)15-19(16,17)9-6(12)3-2-4-7(9)13/h2-4,15H,1H3. The Kier molecular flexibility index (Phi) is 3.59. The second kappa shape index (κ2) is 4.89. The van der Waals surface area contributed by atoms with Crippen LogP contribution in [0.5, 0.6) is 0 Å². The van der Waals surface area contributed by atoms with Crippen molar-refractivity contribution in [2.24, 2.45) is 0 Å². The smallest absolute Gasteiger partial charge is 0.270 e. The molecule has 0 bridgehead atoms. The van der Waals surface area contributed by atoms with Crippen molar-refractivity contribution in [1.82, 2.24) is 5.16 Å². The van der Waals surface area contributed by atoms with Crippen molar-refractivity contribution in [3.05, 3.63) is 40.0 Å². The summed E-state index contributed by atoms with van der Waals surface area (Å²) in [4.78, 5) is -1.07. The first-order valence-electron chi connectivity index (χ1n) is 4.91. The highest BCUT2D eigenvalue weighted by Crippen LogP contribution is 2.29. The zero-order chi connectivity index (χ0) is 14.2. The van der Waals surface area contributed by atoms with Gasteiger partial charge in [-0.25, -0.2) is 21.9 Å². The van der Waals surface area contributed by atoms with Crippen LogP contribution in [-0.4, -0.2) is 13.6 Å². The molecule has 102 valence electrons. The van der Waals surface area contributed by atoms with Crippen molar-refractivity contribution in [3.63, 3.8) is 0 Å². The Morgan fingerprint density at radius 1 is 1.32 bits per heavy atom. The maximum Gasteiger partial charge on any atom is 0.270 e. The molecule has 0 saturated heterocycles. The lowest BCUT2D eigenvalue weighted by Crippen LogP contribution is -2.16. The zero-order valence-electron chi connectivity index (χ0n) is 9.45. The van der Waals surface area contributed by atoms with Crippen LogP contribution < -0.4 is 4.72 Å². The van der Waals surface area contributed by atoms with Gasteiger partial charge in [0, 0.05) is 0 Å². The molecule has 0 fully saturated rings. The van der Waals surface area contributed by atoms with E-state index in [4.69, 9.17) is 4.52 Å². The van der Waals surface area contributed by atoms with E-state index >= 15 is 0 Å². The first-order chi connectivity index (χ1) is 8.83. The SMILES string of the molecule is Cc1noc(NS(=O)(=O)c2c(F)cccc2F)c1Br. The summed E-state index contributed by atoms with van der Waals surface area (Å²) < 4.78 is 57.6. The second-order valence-corrected chi connectivity index (χ2v) is 5.98. The summed E-state index contributed by atoms with van der Waals surface area (Å²) in [5.41, 5.74) is 0.395. The normalized spacial score (nSPS) is 11.6. The van der Waals surface area contributed by atoms with Crippen molar-refractivity contribution < 1.29 is 21.7 Å². The molecular weight excluding hydrogens is 346 g/mol. The van der Waals surface area contributed by atoms with Gasteiger partial charge in [-0.2, -0.15) is 0 Å². The first-order valence-corrected chi connectivity index (χ1v) is 7.19. The third-order valence-electron chi connectivity index (χ3n) is 2.21. The van der Waals surface area contributed by atoms with Gasteiger partial charge in [0.2, 0.25) is 0 Å². The third-order valence-corrected chi connectivity index (χ3v) is 4.52. The molecule has 1 heterocycles. The van der Waals surface area contributed by atoms with Gasteiger partial charge in [-0.15, -0.1) is 0 Å². The molecule has 0 amide bonds. The number of aromatic nitrogens is 1. The van der Waals surface area contributed by atoms with Crippen LogP contribution in [0.1, 0.15) is 5.69 Å². The lowest BCUT2D eigenvalue weighted by atomic mass is 10.3. The van der Waals surface area contributed by atoms with Crippen molar-refractivity contribution in [3.8, 4) is 0 Å². The predicted molar refractivity (Wildman–Crippen MR) is 66.1 cm³/mol. The van der Waals surface area contributed by atoms with Crippen LogP contribution in [0.2, 0.25) is 0 Å². The minimum Gasteiger partial charge on any atom is -0.336 e. The van der Waals surface area contributed by atoms with Crippen molar-refractivity contribution in [1.29, 1.82) is 0 Å². The molecule has 2 rings (SSSR count). The highest BCUT2D eigenvalue weighted by atomic mass is 79.9. The Balaban J connectivity index is 2.47. The molecule has 19 heavy (non-hydrogen) atoms. The number of aryl methyl sites for hydroxylation is 1. The van der Waals surface area contributed by atoms with Gasteiger partial charge < -0.3 is 4.52 Å². The molecule has 9 heteroatoms. The van der Waals surface area contributed by atoms with Crippen LogP contribution in [0.25, 0.3) is 0 Å². The van der Waals surface area contributed by atoms with E-state index in [1.165, 1.54) is 0 Å². The summed E-state index contributed by atoms with van der Waals surface area (Å²) in [5.74, 6) is -2.64. The maximum absolute atomic E-state index is 13.4. The van der Waals surface area contributed by atoms with Gasteiger partial charge in [-0.3, -0.25) is 0 Å². The second-order valence-electron chi connectivity index (χ2n) is 3.57. The third kappa shape index (κ3) is 2.61. The summed E-state index contributed by atoms with van der Waals surface area (Å²) >= 11 is 3.04. The largest absolute Gasteiger partial charge is 0.336 e. The molecule has 0 aliphatic rings. The van der Waals surface area contributed by atoms with Crippen LogP contribution in [0.4, 0.5) is 14.7 Å². The van der Waals surface area contributed by atoms with Gasteiger partial charge in [0.1, 0.15) is 16.1 Å². The van der Waals surface area contributed by atoms with E-state index in [-0.39, 0.29) is 10.4 Å². The number of halogens is 3. The number of benzene rings is 1. The molecule has 1 aromatic heterocycles. The number of hydrogen-bond acceptors (Lipinski definition) is 4. The first kappa shape index (κ1) is 13.9. The Morgan fingerprint density at radius 2 is 1.89 bits per heavy atom. The van der Waals surface area contributed by atoms with Crippen LogP contribution in [-0.2, 0) is 10.0 Å². The van der Waals surface area contributed by atoms with Gasteiger partial charge in [-0.05, 0) is 35.0 Å². The molecule has 0 radical (unpaired) electrons. The molecule has 1 aromatic carbocycles. The Labute approximate surface area is 115 Å². The van der Waals surface area contributed by atoms with Gasteiger partial charge in [0.15, 0.2) is 4.90 Å². The number of anilines is 1. The van der Waals surface area contributed by atoms with Gasteiger partial charge in [-0.1, -0.05) is 11.2 Å². The van der Waals surface area contributed by atoms with E-state index in [1.54, 1.807) is 6.92 Å². The molecule has 0 aliphatic heterocycles. The number of hydrogen-bond donors (Lipinski definition) is 1. The zero-order valence-corrected chi connectivity index (χ0v) is 11.8. The number of nitrogens with zero attached hydrogens (tertiary/aromatic N) is 1. The van der Waals surface area contributed by atoms with E-state index in [0.29, 0.717) is 5.69 Å². The summed E-state index contributed by atoms with van der Waals surface area (Å²) in [6.45, 7) is 1.56. The van der Waals surface area contributed by atoms with E-state index in [1.807, 2.05) is 4.72 Å². The Morgan fingerprint density at radius 3 is 2.37 bits per heavy atom. The van der Waals surface area contributed by atoms with E-state index in [0.717, 1.165) is 18.2 Å². The van der Waals surface area contributed by atoms with E-state index in [2.05, 4.69) is 21.1 Å². The summed E-state index contributed by atoms with van der Waals surface area (Å²) in [7, 11) is -4.45. The topological polar surface area (TPSA) is 72.2 Å². The average Bonchev–Trinajstić information content (AvgIpc) is 2.60. The maximum atomic E-state index is 13.4. The van der Waals surface area contributed by atoms with Gasteiger partial charge >= 0.3 is 0 Å². The minimum atomic E-state index is -4.45. The lowest BCUT2D eigenvalue weighted by molar-refractivity contribution is 0.430.